The maximum absolute atomic E-state index is 11.5. The Bertz CT molecular complexity index is 574. The number of methoxy groups -OCH3 is 1. The van der Waals surface area contributed by atoms with Crippen molar-refractivity contribution in [3.05, 3.63) is 33.5 Å². The second-order valence-electron chi connectivity index (χ2n) is 2.98. The lowest BCUT2D eigenvalue weighted by atomic mass is 10.2. The lowest BCUT2D eigenvalue weighted by Crippen LogP contribution is -2.03. The number of carbonyl (C=O) groups excluding carboxylic acids is 1. The number of hydrogen-bond acceptors (Lipinski definition) is 4. The van der Waals surface area contributed by atoms with Crippen LogP contribution in [0.5, 0.6) is 0 Å². The first kappa shape index (κ1) is 11.3. The van der Waals surface area contributed by atoms with E-state index in [1.807, 2.05) is 0 Å². The molecule has 82 valence electrons. The fraction of sp³-hybridized carbons (Fsp3) is 0.100. The molecule has 0 radical (unpaired) electrons. The smallest absolute Gasteiger partial charge is 0.340 e. The van der Waals surface area contributed by atoms with E-state index in [-0.39, 0.29) is 5.15 Å². The normalized spacial score (nSPS) is 10.4. The summed E-state index contributed by atoms with van der Waals surface area (Å²) >= 11 is 9.08. The van der Waals surface area contributed by atoms with E-state index in [0.717, 1.165) is 4.47 Å². The van der Waals surface area contributed by atoms with Crippen LogP contribution in [0.1, 0.15) is 10.4 Å². The van der Waals surface area contributed by atoms with Crippen molar-refractivity contribution in [1.29, 1.82) is 0 Å². The minimum Gasteiger partial charge on any atom is -0.465 e. The van der Waals surface area contributed by atoms with E-state index in [1.54, 1.807) is 12.1 Å². The predicted molar refractivity (Wildman–Crippen MR) is 63.6 cm³/mol. The van der Waals surface area contributed by atoms with Gasteiger partial charge in [-0.1, -0.05) is 11.6 Å². The Morgan fingerprint density at radius 2 is 2.19 bits per heavy atom. The summed E-state index contributed by atoms with van der Waals surface area (Å²) in [4.78, 5) is 19.7. The lowest BCUT2D eigenvalue weighted by molar-refractivity contribution is 0.0602. The Balaban J connectivity index is 2.80. The molecule has 0 amide bonds. The molecule has 1 heterocycles. The molecule has 0 aliphatic carbocycles. The average molecular weight is 302 g/mol. The number of esters is 1. The number of nitrogens with zero attached hydrogens (tertiary/aromatic N) is 2. The molecule has 16 heavy (non-hydrogen) atoms. The number of benzene rings is 1. The van der Waals surface area contributed by atoms with Gasteiger partial charge < -0.3 is 4.74 Å². The molecule has 0 saturated heterocycles. The summed E-state index contributed by atoms with van der Waals surface area (Å²) in [7, 11) is 1.31. The molecular weight excluding hydrogens is 295 g/mol. The molecule has 6 heteroatoms. The third kappa shape index (κ3) is 1.88. The molecule has 0 aliphatic heterocycles. The largest absolute Gasteiger partial charge is 0.465 e. The van der Waals surface area contributed by atoms with Crippen LogP contribution in [0.25, 0.3) is 11.0 Å². The SMILES string of the molecule is COC(=O)c1ccc(Br)c2ncc(Cl)nc12. The van der Waals surface area contributed by atoms with Crippen molar-refractivity contribution < 1.29 is 9.53 Å². The summed E-state index contributed by atoms with van der Waals surface area (Å²) in [5.41, 5.74) is 1.34. The summed E-state index contributed by atoms with van der Waals surface area (Å²) in [6, 6.07) is 3.33. The zero-order chi connectivity index (χ0) is 11.7. The van der Waals surface area contributed by atoms with Gasteiger partial charge in [0.15, 0.2) is 0 Å². The summed E-state index contributed by atoms with van der Waals surface area (Å²) < 4.78 is 5.41. The molecule has 0 N–H and O–H groups in total. The van der Waals surface area contributed by atoms with Crippen molar-refractivity contribution in [1.82, 2.24) is 9.97 Å². The van der Waals surface area contributed by atoms with E-state index in [0.29, 0.717) is 16.6 Å². The highest BCUT2D eigenvalue weighted by molar-refractivity contribution is 9.10. The van der Waals surface area contributed by atoms with Crippen LogP contribution in [0.4, 0.5) is 0 Å². The number of ether oxygens (including phenoxy) is 1. The molecule has 2 aromatic rings. The van der Waals surface area contributed by atoms with Crippen molar-refractivity contribution in [3.63, 3.8) is 0 Å². The van der Waals surface area contributed by atoms with Crippen LogP contribution >= 0.6 is 27.5 Å². The quantitative estimate of drug-likeness (QED) is 0.760. The van der Waals surface area contributed by atoms with Gasteiger partial charge in [-0.3, -0.25) is 4.98 Å². The van der Waals surface area contributed by atoms with Crippen molar-refractivity contribution in [2.45, 2.75) is 0 Å². The van der Waals surface area contributed by atoms with Crippen LogP contribution in [0, 0.1) is 0 Å². The second kappa shape index (κ2) is 4.35. The first-order chi connectivity index (χ1) is 7.63. The fourth-order valence-corrected chi connectivity index (χ4v) is 1.87. The van der Waals surface area contributed by atoms with Gasteiger partial charge in [-0.2, -0.15) is 0 Å². The van der Waals surface area contributed by atoms with Gasteiger partial charge in [0.2, 0.25) is 0 Å². The Labute approximate surface area is 105 Å². The molecule has 1 aromatic carbocycles. The van der Waals surface area contributed by atoms with E-state index in [1.165, 1.54) is 13.3 Å². The Morgan fingerprint density at radius 3 is 2.88 bits per heavy atom. The molecule has 2 rings (SSSR count). The highest BCUT2D eigenvalue weighted by atomic mass is 79.9. The van der Waals surface area contributed by atoms with Gasteiger partial charge >= 0.3 is 5.97 Å². The summed E-state index contributed by atoms with van der Waals surface area (Å²) in [5.74, 6) is -0.464. The number of hydrogen-bond donors (Lipinski definition) is 0. The van der Waals surface area contributed by atoms with Gasteiger partial charge in [-0.05, 0) is 28.1 Å². The van der Waals surface area contributed by atoms with Gasteiger partial charge in [-0.25, -0.2) is 9.78 Å². The van der Waals surface area contributed by atoms with Crippen molar-refractivity contribution >= 4 is 44.5 Å². The second-order valence-corrected chi connectivity index (χ2v) is 4.22. The van der Waals surface area contributed by atoms with Crippen molar-refractivity contribution in [2.75, 3.05) is 7.11 Å². The average Bonchev–Trinajstić information content (AvgIpc) is 2.28. The number of halogens is 2. The summed E-state index contributed by atoms with van der Waals surface area (Å²) in [6.07, 6.45) is 1.43. The first-order valence-corrected chi connectivity index (χ1v) is 5.49. The van der Waals surface area contributed by atoms with Crippen molar-refractivity contribution in [3.8, 4) is 0 Å². The van der Waals surface area contributed by atoms with Crippen LogP contribution in [0.3, 0.4) is 0 Å². The number of fused-ring (bicyclic) bond motifs is 1. The van der Waals surface area contributed by atoms with Crippen LogP contribution < -0.4 is 0 Å². The van der Waals surface area contributed by atoms with E-state index >= 15 is 0 Å². The molecule has 0 bridgehead atoms. The molecule has 0 unspecified atom stereocenters. The molecule has 1 aromatic heterocycles. The molecular formula is C10H6BrClN2O2. The molecule has 0 atom stereocenters. The van der Waals surface area contributed by atoms with E-state index in [4.69, 9.17) is 11.6 Å². The topological polar surface area (TPSA) is 52.1 Å². The maximum Gasteiger partial charge on any atom is 0.340 e. The number of rotatable bonds is 1. The molecule has 0 spiro atoms. The Morgan fingerprint density at radius 1 is 1.44 bits per heavy atom. The van der Waals surface area contributed by atoms with Gasteiger partial charge in [-0.15, -0.1) is 0 Å². The third-order valence-corrected chi connectivity index (χ3v) is 2.85. The van der Waals surface area contributed by atoms with E-state index in [2.05, 4.69) is 30.6 Å². The van der Waals surface area contributed by atoms with E-state index < -0.39 is 5.97 Å². The molecule has 0 fully saturated rings. The van der Waals surface area contributed by atoms with Crippen LogP contribution in [-0.2, 0) is 4.74 Å². The molecule has 0 aliphatic rings. The van der Waals surface area contributed by atoms with Crippen LogP contribution in [-0.4, -0.2) is 23.0 Å². The highest BCUT2D eigenvalue weighted by Crippen LogP contribution is 2.25. The Hall–Kier alpha value is -1.20. The summed E-state index contributed by atoms with van der Waals surface area (Å²) in [5, 5.41) is 0.232. The van der Waals surface area contributed by atoms with Crippen LogP contribution in [0.15, 0.2) is 22.8 Å². The summed E-state index contributed by atoms with van der Waals surface area (Å²) in [6.45, 7) is 0. The monoisotopic (exact) mass is 300 g/mol. The standard InChI is InChI=1S/C10H6BrClN2O2/c1-16-10(15)5-2-3-6(11)9-8(5)14-7(12)4-13-9/h2-4H,1H3. The minimum absolute atomic E-state index is 0.232. The fourth-order valence-electron chi connectivity index (χ4n) is 1.32. The Kier molecular flexibility index (Phi) is 3.07. The maximum atomic E-state index is 11.5. The van der Waals surface area contributed by atoms with Gasteiger partial charge in [0.1, 0.15) is 16.2 Å². The van der Waals surface area contributed by atoms with E-state index in [9.17, 15) is 4.79 Å². The predicted octanol–water partition coefficient (Wildman–Crippen LogP) is 2.83. The van der Waals surface area contributed by atoms with Gasteiger partial charge in [0.05, 0.1) is 18.9 Å². The first-order valence-electron chi connectivity index (χ1n) is 4.32. The highest BCUT2D eigenvalue weighted by Gasteiger charge is 2.14. The van der Waals surface area contributed by atoms with Crippen molar-refractivity contribution in [2.24, 2.45) is 0 Å². The molecule has 0 saturated carbocycles. The zero-order valence-corrected chi connectivity index (χ0v) is 10.5. The molecule has 4 nitrogen and oxygen atoms in total. The minimum atomic E-state index is -0.464. The van der Waals surface area contributed by atoms with Gasteiger partial charge in [0, 0.05) is 4.47 Å². The van der Waals surface area contributed by atoms with Crippen LogP contribution in [0.2, 0.25) is 5.15 Å². The third-order valence-electron chi connectivity index (χ3n) is 2.03. The van der Waals surface area contributed by atoms with Gasteiger partial charge in [0.25, 0.3) is 0 Å². The number of carbonyl (C=O) groups is 1. The zero-order valence-electron chi connectivity index (χ0n) is 8.20. The lowest BCUT2D eigenvalue weighted by Gasteiger charge is -2.05. The number of aromatic nitrogens is 2.